The van der Waals surface area contributed by atoms with E-state index in [0.717, 1.165) is 0 Å². The quantitative estimate of drug-likeness (QED) is 0.598. The highest BCUT2D eigenvalue weighted by atomic mass is 32.2. The van der Waals surface area contributed by atoms with Gasteiger partial charge in [0.1, 0.15) is 0 Å². The van der Waals surface area contributed by atoms with Gasteiger partial charge in [-0.25, -0.2) is 4.98 Å². The Morgan fingerprint density at radius 2 is 2.31 bits per heavy atom. The summed E-state index contributed by atoms with van der Waals surface area (Å²) in [6.07, 6.45) is 1.37. The lowest BCUT2D eigenvalue weighted by atomic mass is 10.4. The molecule has 1 rings (SSSR count). The van der Waals surface area contributed by atoms with Gasteiger partial charge in [-0.1, -0.05) is 0 Å². The summed E-state index contributed by atoms with van der Waals surface area (Å²) < 4.78 is 31.8. The van der Waals surface area contributed by atoms with Gasteiger partial charge in [-0.2, -0.15) is 13.1 Å². The fourth-order valence-corrected chi connectivity index (χ4v) is 1.75. The SMILES string of the molecule is COCCNS(=O)(=O)Nc1ncccc1O. The standard InChI is InChI=1S/C8H13N3O4S/c1-15-6-5-10-16(13,14)11-8-7(12)3-2-4-9-8/h2-4,10,12H,5-6H2,1H3,(H,9,11). The van der Waals surface area contributed by atoms with E-state index in [1.165, 1.54) is 25.4 Å². The van der Waals surface area contributed by atoms with E-state index < -0.39 is 10.2 Å². The molecule has 0 amide bonds. The van der Waals surface area contributed by atoms with Gasteiger partial charge in [0.2, 0.25) is 0 Å². The third kappa shape index (κ3) is 4.01. The molecule has 0 atom stereocenters. The summed E-state index contributed by atoms with van der Waals surface area (Å²) in [5.41, 5.74) is 0. The van der Waals surface area contributed by atoms with E-state index in [2.05, 4.69) is 14.4 Å². The van der Waals surface area contributed by atoms with Crippen molar-refractivity contribution in [1.29, 1.82) is 0 Å². The molecule has 7 nitrogen and oxygen atoms in total. The van der Waals surface area contributed by atoms with Gasteiger partial charge in [0.15, 0.2) is 11.6 Å². The van der Waals surface area contributed by atoms with Crippen molar-refractivity contribution in [2.45, 2.75) is 0 Å². The number of pyridine rings is 1. The Hall–Kier alpha value is -1.38. The van der Waals surface area contributed by atoms with E-state index in [9.17, 15) is 13.5 Å². The lowest BCUT2D eigenvalue weighted by Crippen LogP contribution is -2.32. The average molecular weight is 247 g/mol. The number of ether oxygens (including phenoxy) is 1. The normalized spacial score (nSPS) is 11.3. The van der Waals surface area contributed by atoms with E-state index in [0.29, 0.717) is 0 Å². The summed E-state index contributed by atoms with van der Waals surface area (Å²) >= 11 is 0. The lowest BCUT2D eigenvalue weighted by molar-refractivity contribution is 0.204. The second kappa shape index (κ2) is 5.64. The summed E-state index contributed by atoms with van der Waals surface area (Å²) in [4.78, 5) is 3.68. The molecular weight excluding hydrogens is 234 g/mol. The van der Waals surface area contributed by atoms with Crippen molar-refractivity contribution in [3.8, 4) is 5.75 Å². The first kappa shape index (κ1) is 12.7. The molecule has 0 bridgehead atoms. The molecule has 1 aromatic rings. The largest absolute Gasteiger partial charge is 0.504 e. The van der Waals surface area contributed by atoms with Gasteiger partial charge in [0.25, 0.3) is 10.2 Å². The zero-order chi connectivity index (χ0) is 12.0. The van der Waals surface area contributed by atoms with Crippen molar-refractivity contribution in [3.63, 3.8) is 0 Å². The predicted octanol–water partition coefficient (Wildman–Crippen LogP) is -0.320. The molecule has 1 heterocycles. The van der Waals surface area contributed by atoms with E-state index in [-0.39, 0.29) is 24.7 Å². The van der Waals surface area contributed by atoms with Crippen LogP contribution in [0.3, 0.4) is 0 Å². The summed E-state index contributed by atoms with van der Waals surface area (Å²) in [7, 11) is -2.27. The zero-order valence-electron chi connectivity index (χ0n) is 8.67. The summed E-state index contributed by atoms with van der Waals surface area (Å²) in [5.74, 6) is -0.355. The van der Waals surface area contributed by atoms with Crippen LogP contribution in [-0.2, 0) is 14.9 Å². The smallest absolute Gasteiger partial charge is 0.300 e. The molecule has 0 radical (unpaired) electrons. The lowest BCUT2D eigenvalue weighted by Gasteiger charge is -2.08. The zero-order valence-corrected chi connectivity index (χ0v) is 9.49. The van der Waals surface area contributed by atoms with Crippen LogP contribution in [0.2, 0.25) is 0 Å². The molecule has 3 N–H and O–H groups in total. The molecule has 0 saturated heterocycles. The van der Waals surface area contributed by atoms with Gasteiger partial charge in [0.05, 0.1) is 6.61 Å². The number of aromatic hydroxyl groups is 1. The van der Waals surface area contributed by atoms with E-state index in [1.54, 1.807) is 0 Å². The molecule has 0 aromatic carbocycles. The predicted molar refractivity (Wildman–Crippen MR) is 58.3 cm³/mol. The van der Waals surface area contributed by atoms with Crippen LogP contribution < -0.4 is 9.44 Å². The molecule has 0 spiro atoms. The minimum Gasteiger partial charge on any atom is -0.504 e. The van der Waals surface area contributed by atoms with Gasteiger partial charge in [-0.3, -0.25) is 4.72 Å². The second-order valence-corrected chi connectivity index (χ2v) is 4.36. The fourth-order valence-electron chi connectivity index (χ4n) is 0.917. The third-order valence-corrected chi connectivity index (χ3v) is 2.66. The topological polar surface area (TPSA) is 101 Å². The number of anilines is 1. The highest BCUT2D eigenvalue weighted by Crippen LogP contribution is 2.18. The Labute approximate surface area is 93.6 Å². The Bertz CT molecular complexity index is 435. The van der Waals surface area contributed by atoms with E-state index in [4.69, 9.17) is 4.74 Å². The van der Waals surface area contributed by atoms with Crippen molar-refractivity contribution in [2.75, 3.05) is 25.0 Å². The van der Waals surface area contributed by atoms with Crippen LogP contribution in [-0.4, -0.2) is 38.8 Å². The fraction of sp³-hybridized carbons (Fsp3) is 0.375. The molecular formula is C8H13N3O4S. The van der Waals surface area contributed by atoms with Crippen LogP contribution in [0.25, 0.3) is 0 Å². The van der Waals surface area contributed by atoms with Crippen LogP contribution in [0.1, 0.15) is 0 Å². The molecule has 16 heavy (non-hydrogen) atoms. The molecule has 0 saturated carbocycles. The summed E-state index contributed by atoms with van der Waals surface area (Å²) in [6, 6.07) is 2.82. The Morgan fingerprint density at radius 3 is 2.94 bits per heavy atom. The second-order valence-electron chi connectivity index (χ2n) is 2.86. The summed E-state index contributed by atoms with van der Waals surface area (Å²) in [5, 5.41) is 9.30. The molecule has 0 aliphatic rings. The van der Waals surface area contributed by atoms with Crippen LogP contribution >= 0.6 is 0 Å². The monoisotopic (exact) mass is 247 g/mol. The van der Waals surface area contributed by atoms with Gasteiger partial charge in [-0.05, 0) is 12.1 Å². The Balaban J connectivity index is 2.63. The molecule has 0 aliphatic heterocycles. The van der Waals surface area contributed by atoms with Crippen molar-refractivity contribution in [1.82, 2.24) is 9.71 Å². The van der Waals surface area contributed by atoms with Gasteiger partial charge in [0, 0.05) is 19.9 Å². The molecule has 90 valence electrons. The molecule has 1 aromatic heterocycles. The Kier molecular flexibility index (Phi) is 4.47. The van der Waals surface area contributed by atoms with Crippen LogP contribution in [0, 0.1) is 0 Å². The summed E-state index contributed by atoms with van der Waals surface area (Å²) in [6.45, 7) is 0.397. The van der Waals surface area contributed by atoms with Crippen molar-refractivity contribution >= 4 is 16.0 Å². The maximum absolute atomic E-state index is 11.4. The number of methoxy groups -OCH3 is 1. The van der Waals surface area contributed by atoms with Crippen LogP contribution in [0.4, 0.5) is 5.82 Å². The number of nitrogens with zero attached hydrogens (tertiary/aromatic N) is 1. The van der Waals surface area contributed by atoms with E-state index in [1.807, 2.05) is 0 Å². The van der Waals surface area contributed by atoms with Crippen LogP contribution in [0.15, 0.2) is 18.3 Å². The number of hydrogen-bond donors (Lipinski definition) is 3. The highest BCUT2D eigenvalue weighted by molar-refractivity contribution is 7.90. The first-order chi connectivity index (χ1) is 7.55. The highest BCUT2D eigenvalue weighted by Gasteiger charge is 2.12. The molecule has 0 unspecified atom stereocenters. The average Bonchev–Trinajstić information content (AvgIpc) is 2.21. The number of rotatable bonds is 6. The molecule has 8 heteroatoms. The number of hydrogen-bond acceptors (Lipinski definition) is 5. The minimum atomic E-state index is -3.73. The number of aromatic nitrogens is 1. The third-order valence-electron chi connectivity index (χ3n) is 1.62. The van der Waals surface area contributed by atoms with E-state index >= 15 is 0 Å². The first-order valence-corrected chi connectivity index (χ1v) is 5.94. The van der Waals surface area contributed by atoms with Crippen molar-refractivity contribution in [3.05, 3.63) is 18.3 Å². The minimum absolute atomic E-state index is 0.118. The first-order valence-electron chi connectivity index (χ1n) is 4.45. The number of nitrogens with one attached hydrogen (secondary N) is 2. The maximum Gasteiger partial charge on any atom is 0.300 e. The van der Waals surface area contributed by atoms with Gasteiger partial charge < -0.3 is 9.84 Å². The van der Waals surface area contributed by atoms with Gasteiger partial charge in [-0.15, -0.1) is 0 Å². The van der Waals surface area contributed by atoms with Crippen molar-refractivity contribution in [2.24, 2.45) is 0 Å². The Morgan fingerprint density at radius 1 is 1.56 bits per heavy atom. The molecule has 0 fully saturated rings. The molecule has 0 aliphatic carbocycles. The van der Waals surface area contributed by atoms with Gasteiger partial charge >= 0.3 is 0 Å². The maximum atomic E-state index is 11.4. The van der Waals surface area contributed by atoms with Crippen molar-refractivity contribution < 1.29 is 18.3 Å². The van der Waals surface area contributed by atoms with Crippen LogP contribution in [0.5, 0.6) is 5.75 Å².